The summed E-state index contributed by atoms with van der Waals surface area (Å²) in [5.74, 6) is -0.545. The molecule has 0 bridgehead atoms. The van der Waals surface area contributed by atoms with Gasteiger partial charge in [0.05, 0.1) is 16.9 Å². The van der Waals surface area contributed by atoms with E-state index in [1.807, 2.05) is 6.92 Å². The third-order valence-electron chi connectivity index (χ3n) is 4.36. The molecule has 0 spiro atoms. The molecule has 0 saturated carbocycles. The molecule has 3 aromatic rings. The number of nitro benzene ring substituents is 1. The Morgan fingerprint density at radius 1 is 0.968 bits per heavy atom. The number of hydrogen-bond acceptors (Lipinski definition) is 6. The number of ether oxygens (including phenoxy) is 1. The van der Waals surface area contributed by atoms with Crippen molar-refractivity contribution in [1.82, 2.24) is 0 Å². The van der Waals surface area contributed by atoms with Crippen LogP contribution in [-0.2, 0) is 10.0 Å². The van der Waals surface area contributed by atoms with Gasteiger partial charge in [-0.05, 0) is 55.5 Å². The van der Waals surface area contributed by atoms with Crippen molar-refractivity contribution in [3.05, 3.63) is 88.0 Å². The quantitative estimate of drug-likeness (QED) is 0.422. The molecule has 0 aliphatic heterocycles. The molecule has 9 nitrogen and oxygen atoms in total. The van der Waals surface area contributed by atoms with Gasteiger partial charge in [-0.15, -0.1) is 0 Å². The lowest BCUT2D eigenvalue weighted by molar-refractivity contribution is -0.385. The molecule has 3 aromatic carbocycles. The average Bonchev–Trinajstić information content (AvgIpc) is 2.75. The molecule has 10 heteroatoms. The maximum atomic E-state index is 12.5. The monoisotopic (exact) mass is 441 g/mol. The first-order valence-corrected chi connectivity index (χ1v) is 10.5. The number of benzene rings is 3. The van der Waals surface area contributed by atoms with E-state index < -0.39 is 20.9 Å². The third-order valence-corrected chi connectivity index (χ3v) is 5.76. The summed E-state index contributed by atoms with van der Waals surface area (Å²) in [5, 5.41) is 13.7. The minimum Gasteiger partial charge on any atom is -0.490 e. The SMILES string of the molecule is COc1ccc(C(=O)Nc2ccc(S(=O)(=O)Nc3ccc(C)cc3)cc2)cc1[N+](=O)[O-]. The number of anilines is 2. The summed E-state index contributed by atoms with van der Waals surface area (Å²) >= 11 is 0. The second kappa shape index (κ2) is 8.84. The van der Waals surface area contributed by atoms with Crippen LogP contribution in [0, 0.1) is 17.0 Å². The number of methoxy groups -OCH3 is 1. The minimum atomic E-state index is -3.80. The van der Waals surface area contributed by atoms with Crippen molar-refractivity contribution in [3.63, 3.8) is 0 Å². The molecule has 1 amide bonds. The lowest BCUT2D eigenvalue weighted by Gasteiger charge is -2.10. The molecule has 0 unspecified atom stereocenters. The summed E-state index contributed by atoms with van der Waals surface area (Å²) in [5.41, 5.74) is 1.50. The summed E-state index contributed by atoms with van der Waals surface area (Å²) in [6, 6.07) is 16.3. The van der Waals surface area contributed by atoms with Crippen LogP contribution in [0.2, 0.25) is 0 Å². The highest BCUT2D eigenvalue weighted by atomic mass is 32.2. The molecular weight excluding hydrogens is 422 g/mol. The van der Waals surface area contributed by atoms with Crippen molar-refractivity contribution in [2.24, 2.45) is 0 Å². The van der Waals surface area contributed by atoms with Crippen LogP contribution in [0.15, 0.2) is 71.6 Å². The molecule has 3 rings (SSSR count). The van der Waals surface area contributed by atoms with Crippen LogP contribution in [0.25, 0.3) is 0 Å². The van der Waals surface area contributed by atoms with Crippen LogP contribution < -0.4 is 14.8 Å². The van der Waals surface area contributed by atoms with Gasteiger partial charge < -0.3 is 10.1 Å². The Hall–Kier alpha value is -3.92. The van der Waals surface area contributed by atoms with Gasteiger partial charge in [0.2, 0.25) is 0 Å². The predicted molar refractivity (Wildman–Crippen MR) is 116 cm³/mol. The highest BCUT2D eigenvalue weighted by molar-refractivity contribution is 7.92. The van der Waals surface area contributed by atoms with Gasteiger partial charge in [0.15, 0.2) is 5.75 Å². The smallest absolute Gasteiger partial charge is 0.311 e. The fourth-order valence-corrected chi connectivity index (χ4v) is 3.79. The van der Waals surface area contributed by atoms with Gasteiger partial charge in [-0.25, -0.2) is 8.42 Å². The Bertz CT molecular complexity index is 1220. The summed E-state index contributed by atoms with van der Waals surface area (Å²) in [6.45, 7) is 1.90. The number of nitrogens with one attached hydrogen (secondary N) is 2. The fraction of sp³-hybridized carbons (Fsp3) is 0.0952. The highest BCUT2D eigenvalue weighted by Crippen LogP contribution is 2.28. The van der Waals surface area contributed by atoms with E-state index in [9.17, 15) is 23.3 Å². The number of hydrogen-bond donors (Lipinski definition) is 2. The molecule has 2 N–H and O–H groups in total. The largest absolute Gasteiger partial charge is 0.490 e. The van der Waals surface area contributed by atoms with Gasteiger partial charge in [0, 0.05) is 23.0 Å². The molecule has 0 aromatic heterocycles. The van der Waals surface area contributed by atoms with Crippen molar-refractivity contribution in [3.8, 4) is 5.75 Å². The van der Waals surface area contributed by atoms with Crippen LogP contribution in [0.1, 0.15) is 15.9 Å². The van der Waals surface area contributed by atoms with E-state index in [1.165, 1.54) is 43.5 Å². The van der Waals surface area contributed by atoms with E-state index in [0.29, 0.717) is 11.4 Å². The number of nitro groups is 1. The van der Waals surface area contributed by atoms with Crippen LogP contribution in [0.4, 0.5) is 17.1 Å². The molecule has 0 heterocycles. The van der Waals surface area contributed by atoms with E-state index in [1.54, 1.807) is 24.3 Å². The van der Waals surface area contributed by atoms with Gasteiger partial charge in [-0.2, -0.15) is 0 Å². The van der Waals surface area contributed by atoms with Gasteiger partial charge >= 0.3 is 5.69 Å². The van der Waals surface area contributed by atoms with E-state index in [4.69, 9.17) is 4.74 Å². The number of carbonyl (C=O) groups excluding carboxylic acids is 1. The van der Waals surface area contributed by atoms with Crippen molar-refractivity contribution in [2.75, 3.05) is 17.1 Å². The van der Waals surface area contributed by atoms with Crippen LogP contribution >= 0.6 is 0 Å². The lowest BCUT2D eigenvalue weighted by atomic mass is 10.1. The molecule has 0 saturated heterocycles. The topological polar surface area (TPSA) is 128 Å². The Labute approximate surface area is 178 Å². The molecule has 31 heavy (non-hydrogen) atoms. The molecule has 0 radical (unpaired) electrons. The van der Waals surface area contributed by atoms with Crippen molar-refractivity contribution in [1.29, 1.82) is 0 Å². The number of amides is 1. The van der Waals surface area contributed by atoms with E-state index in [0.717, 1.165) is 11.6 Å². The van der Waals surface area contributed by atoms with E-state index in [2.05, 4.69) is 10.0 Å². The maximum absolute atomic E-state index is 12.5. The second-order valence-corrected chi connectivity index (χ2v) is 8.28. The first-order valence-electron chi connectivity index (χ1n) is 9.03. The number of rotatable bonds is 7. The first-order chi connectivity index (χ1) is 14.7. The van der Waals surface area contributed by atoms with Gasteiger partial charge in [-0.3, -0.25) is 19.6 Å². The van der Waals surface area contributed by atoms with Crippen LogP contribution in [-0.4, -0.2) is 26.4 Å². The van der Waals surface area contributed by atoms with Crippen molar-refractivity contribution in [2.45, 2.75) is 11.8 Å². The summed E-state index contributed by atoms with van der Waals surface area (Å²) in [6.07, 6.45) is 0. The highest BCUT2D eigenvalue weighted by Gasteiger charge is 2.19. The zero-order chi connectivity index (χ0) is 22.6. The number of nitrogens with zero attached hydrogens (tertiary/aromatic N) is 1. The molecular formula is C21H19N3O6S. The average molecular weight is 441 g/mol. The first kappa shape index (κ1) is 21.8. The summed E-state index contributed by atoms with van der Waals surface area (Å²) < 4.78 is 32.5. The summed E-state index contributed by atoms with van der Waals surface area (Å²) in [7, 11) is -2.50. The molecule has 160 valence electrons. The normalized spacial score (nSPS) is 10.9. The molecule has 0 atom stereocenters. The number of sulfonamides is 1. The Morgan fingerprint density at radius 3 is 2.16 bits per heavy atom. The molecule has 0 aliphatic carbocycles. The van der Waals surface area contributed by atoms with E-state index in [-0.39, 0.29) is 21.9 Å². The molecule has 0 fully saturated rings. The van der Waals surface area contributed by atoms with Crippen LogP contribution in [0.3, 0.4) is 0 Å². The van der Waals surface area contributed by atoms with Crippen molar-refractivity contribution >= 4 is 33.0 Å². The maximum Gasteiger partial charge on any atom is 0.311 e. The fourth-order valence-electron chi connectivity index (χ4n) is 2.73. The van der Waals surface area contributed by atoms with Gasteiger partial charge in [0.25, 0.3) is 15.9 Å². The number of carbonyl (C=O) groups is 1. The minimum absolute atomic E-state index is 0.0196. The third kappa shape index (κ3) is 5.17. The van der Waals surface area contributed by atoms with Crippen LogP contribution in [0.5, 0.6) is 5.75 Å². The van der Waals surface area contributed by atoms with Gasteiger partial charge in [0.1, 0.15) is 0 Å². The predicted octanol–water partition coefficient (Wildman–Crippen LogP) is 3.96. The van der Waals surface area contributed by atoms with E-state index >= 15 is 0 Å². The zero-order valence-electron chi connectivity index (χ0n) is 16.7. The Balaban J connectivity index is 1.74. The molecule has 0 aliphatic rings. The Kier molecular flexibility index (Phi) is 6.21. The standard InChI is InChI=1S/C21H19N3O6S/c1-14-3-6-17(7-4-14)23-31(28,29)18-10-8-16(9-11-18)22-21(25)15-5-12-20(30-2)19(13-15)24(26)27/h3-13,23H,1-2H3,(H,22,25). The second-order valence-electron chi connectivity index (χ2n) is 6.59. The number of aryl methyl sites for hydroxylation is 1. The zero-order valence-corrected chi connectivity index (χ0v) is 17.5. The Morgan fingerprint density at radius 2 is 1.58 bits per heavy atom. The summed E-state index contributed by atoms with van der Waals surface area (Å²) in [4.78, 5) is 22.9. The van der Waals surface area contributed by atoms with Crippen molar-refractivity contribution < 1.29 is 22.9 Å². The van der Waals surface area contributed by atoms with Gasteiger partial charge in [-0.1, -0.05) is 17.7 Å². The lowest BCUT2D eigenvalue weighted by Crippen LogP contribution is -2.14.